The smallest absolute Gasteiger partial charge is 0.494 e. The number of nitrogens with zero attached hydrogens (tertiary/aromatic N) is 4. The zero-order chi connectivity index (χ0) is 23.9. The number of benzene rings is 2. The number of likely N-dealkylation sites (N-methyl/N-ethyl adjacent to an activating group) is 1. The molecule has 4 rings (SSSR count). The van der Waals surface area contributed by atoms with Gasteiger partial charge in [-0.2, -0.15) is 0 Å². The van der Waals surface area contributed by atoms with Crippen molar-refractivity contribution in [3.05, 3.63) is 61.9 Å². The molecule has 2 aromatic carbocycles. The van der Waals surface area contributed by atoms with Crippen molar-refractivity contribution in [2.24, 2.45) is 7.05 Å². The average molecular weight is 491 g/mol. The summed E-state index contributed by atoms with van der Waals surface area (Å²) in [5.41, 5.74) is 1.64. The molecular formula is C20H17BCl2N4O6. The molecule has 0 saturated carbocycles. The maximum atomic E-state index is 12.0. The van der Waals surface area contributed by atoms with Crippen LogP contribution in [0.25, 0.3) is 11.0 Å². The molecule has 0 atom stereocenters. The minimum Gasteiger partial charge on any atom is -0.494 e. The fourth-order valence-corrected chi connectivity index (χ4v) is 3.98. The normalized spacial score (nSPS) is 15.2. The van der Waals surface area contributed by atoms with E-state index in [0.29, 0.717) is 23.2 Å². The van der Waals surface area contributed by atoms with Crippen LogP contribution >= 0.6 is 23.2 Å². The van der Waals surface area contributed by atoms with Gasteiger partial charge < -0.3 is 13.9 Å². The number of nitro groups is 1. The van der Waals surface area contributed by atoms with Gasteiger partial charge in [0.05, 0.1) is 28.6 Å². The lowest BCUT2D eigenvalue weighted by Crippen LogP contribution is -2.47. The van der Waals surface area contributed by atoms with Crippen molar-refractivity contribution in [2.45, 2.75) is 6.42 Å². The Kier molecular flexibility index (Phi) is 6.29. The largest absolute Gasteiger partial charge is 0.636 e. The summed E-state index contributed by atoms with van der Waals surface area (Å²) in [4.78, 5) is 40.8. The van der Waals surface area contributed by atoms with Gasteiger partial charge in [0.25, 0.3) is 0 Å². The van der Waals surface area contributed by atoms with E-state index < -0.39 is 24.0 Å². The SMILES string of the molecule is CN1CC(=O)OB(c2ccc(Cc3nc4c([N+](=O)[O-])c(Cl)c(Cl)cc4n3C)cc2)OC(=O)C1. The second kappa shape index (κ2) is 9.01. The van der Waals surface area contributed by atoms with E-state index in [1.165, 1.54) is 4.90 Å². The molecule has 0 unspecified atom stereocenters. The van der Waals surface area contributed by atoms with Gasteiger partial charge in [-0.15, -0.1) is 0 Å². The summed E-state index contributed by atoms with van der Waals surface area (Å²) >= 11 is 12.1. The molecule has 170 valence electrons. The molecule has 33 heavy (non-hydrogen) atoms. The molecular weight excluding hydrogens is 474 g/mol. The van der Waals surface area contributed by atoms with Crippen molar-refractivity contribution in [3.63, 3.8) is 0 Å². The first-order valence-corrected chi connectivity index (χ1v) is 10.5. The summed E-state index contributed by atoms with van der Waals surface area (Å²) in [5.74, 6) is -0.443. The number of carbonyl (C=O) groups is 2. The molecule has 0 bridgehead atoms. The van der Waals surface area contributed by atoms with Crippen LogP contribution in [0.1, 0.15) is 11.4 Å². The Hall–Kier alpha value is -3.15. The lowest BCUT2D eigenvalue weighted by atomic mass is 9.78. The zero-order valence-electron chi connectivity index (χ0n) is 17.6. The summed E-state index contributed by atoms with van der Waals surface area (Å²) in [6, 6.07) is 8.46. The molecule has 10 nitrogen and oxygen atoms in total. The van der Waals surface area contributed by atoms with Crippen LogP contribution in [0.2, 0.25) is 10.0 Å². The number of aromatic nitrogens is 2. The first kappa shape index (κ1) is 23.0. The molecule has 1 aliphatic heterocycles. The van der Waals surface area contributed by atoms with E-state index in [1.807, 2.05) is 0 Å². The Labute approximate surface area is 198 Å². The molecule has 13 heteroatoms. The van der Waals surface area contributed by atoms with Crippen LogP contribution in [0.4, 0.5) is 5.69 Å². The zero-order valence-corrected chi connectivity index (χ0v) is 19.1. The standard InChI is InChI=1S/C20H17BCl2N4O6/c1-25-9-16(28)32-21(33-17(29)10-25)12-5-3-11(4-6-12)7-15-24-19-14(26(15)2)8-13(22)18(23)20(19)27(30)31/h3-6,8H,7,9-10H2,1-2H3. The first-order chi connectivity index (χ1) is 15.6. The van der Waals surface area contributed by atoms with Crippen LogP contribution in [-0.4, -0.2) is 58.6 Å². The van der Waals surface area contributed by atoms with Crippen LogP contribution in [0.15, 0.2) is 30.3 Å². The summed E-state index contributed by atoms with van der Waals surface area (Å²) < 4.78 is 12.2. The quantitative estimate of drug-likeness (QED) is 0.310. The highest BCUT2D eigenvalue weighted by atomic mass is 35.5. The number of aryl methyl sites for hydroxylation is 1. The van der Waals surface area contributed by atoms with Gasteiger partial charge in [0.1, 0.15) is 10.8 Å². The molecule has 1 aliphatic rings. The predicted octanol–water partition coefficient (Wildman–Crippen LogP) is 2.11. The van der Waals surface area contributed by atoms with Gasteiger partial charge >= 0.3 is 24.7 Å². The Balaban J connectivity index is 1.60. The molecule has 1 aromatic heterocycles. The molecule has 3 aromatic rings. The maximum Gasteiger partial charge on any atom is 0.636 e. The number of halogens is 2. The number of hydrogen-bond donors (Lipinski definition) is 0. The van der Waals surface area contributed by atoms with Gasteiger partial charge in [0, 0.05) is 18.9 Å². The number of rotatable bonds is 4. The highest BCUT2D eigenvalue weighted by Gasteiger charge is 2.33. The van der Waals surface area contributed by atoms with Crippen molar-refractivity contribution >= 4 is 64.4 Å². The highest BCUT2D eigenvalue weighted by Crippen LogP contribution is 2.38. The van der Waals surface area contributed by atoms with Crippen LogP contribution in [0, 0.1) is 10.1 Å². The molecule has 0 radical (unpaired) electrons. The van der Waals surface area contributed by atoms with Crippen LogP contribution in [-0.2, 0) is 32.4 Å². The second-order valence-electron chi connectivity index (χ2n) is 7.64. The number of nitro benzene ring substituents is 1. The monoisotopic (exact) mass is 490 g/mol. The Morgan fingerprint density at radius 2 is 1.73 bits per heavy atom. The Morgan fingerprint density at radius 3 is 2.30 bits per heavy atom. The Morgan fingerprint density at radius 1 is 1.12 bits per heavy atom. The van der Waals surface area contributed by atoms with Gasteiger partial charge in [0.2, 0.25) is 0 Å². The molecule has 2 heterocycles. The van der Waals surface area contributed by atoms with E-state index in [2.05, 4.69) is 4.98 Å². The first-order valence-electron chi connectivity index (χ1n) is 9.78. The summed E-state index contributed by atoms with van der Waals surface area (Å²) in [5, 5.41) is 11.4. The van der Waals surface area contributed by atoms with Gasteiger partial charge in [-0.3, -0.25) is 24.6 Å². The van der Waals surface area contributed by atoms with E-state index in [4.69, 9.17) is 32.5 Å². The van der Waals surface area contributed by atoms with Gasteiger partial charge in [-0.05, 0) is 18.7 Å². The van der Waals surface area contributed by atoms with Crippen molar-refractivity contribution in [1.82, 2.24) is 14.5 Å². The molecule has 0 N–H and O–H groups in total. The Bertz CT molecular complexity index is 1260. The van der Waals surface area contributed by atoms with E-state index in [9.17, 15) is 19.7 Å². The third-order valence-corrected chi connectivity index (χ3v) is 5.99. The number of hydrogen-bond acceptors (Lipinski definition) is 8. The number of carbonyl (C=O) groups excluding carboxylic acids is 2. The summed E-state index contributed by atoms with van der Waals surface area (Å²) in [6.45, 7) is -0.0346. The predicted molar refractivity (Wildman–Crippen MR) is 122 cm³/mol. The summed E-state index contributed by atoms with van der Waals surface area (Å²) in [7, 11) is 2.22. The highest BCUT2D eigenvalue weighted by molar-refractivity contribution is 6.64. The van der Waals surface area contributed by atoms with E-state index in [-0.39, 0.29) is 34.3 Å². The van der Waals surface area contributed by atoms with Crippen LogP contribution in [0.5, 0.6) is 0 Å². The van der Waals surface area contributed by atoms with Crippen molar-refractivity contribution in [3.8, 4) is 0 Å². The van der Waals surface area contributed by atoms with Gasteiger partial charge in [-0.25, -0.2) is 4.98 Å². The summed E-state index contributed by atoms with van der Waals surface area (Å²) in [6.07, 6.45) is 0.354. The minimum absolute atomic E-state index is 0.0173. The van der Waals surface area contributed by atoms with Gasteiger partial charge in [-0.1, -0.05) is 47.5 Å². The molecule has 0 spiro atoms. The van der Waals surface area contributed by atoms with Crippen molar-refractivity contribution < 1.29 is 23.8 Å². The van der Waals surface area contributed by atoms with E-state index in [1.54, 1.807) is 49.0 Å². The lowest BCUT2D eigenvalue weighted by molar-refractivity contribution is -0.383. The van der Waals surface area contributed by atoms with Crippen LogP contribution < -0.4 is 5.46 Å². The maximum absolute atomic E-state index is 12.0. The van der Waals surface area contributed by atoms with E-state index in [0.717, 1.165) is 5.56 Å². The molecule has 1 fully saturated rings. The fraction of sp³-hybridized carbons (Fsp3) is 0.250. The topological polar surface area (TPSA) is 117 Å². The van der Waals surface area contributed by atoms with Crippen molar-refractivity contribution in [2.75, 3.05) is 20.1 Å². The molecule has 0 amide bonds. The minimum atomic E-state index is -1.13. The number of fused-ring (bicyclic) bond motifs is 1. The van der Waals surface area contributed by atoms with Crippen LogP contribution in [0.3, 0.4) is 0 Å². The third kappa shape index (κ3) is 4.66. The molecule has 0 aliphatic carbocycles. The van der Waals surface area contributed by atoms with Crippen molar-refractivity contribution in [1.29, 1.82) is 0 Å². The lowest BCUT2D eigenvalue weighted by Gasteiger charge is -2.22. The second-order valence-corrected chi connectivity index (χ2v) is 8.42. The van der Waals surface area contributed by atoms with E-state index >= 15 is 0 Å². The molecule has 1 saturated heterocycles. The third-order valence-electron chi connectivity index (χ3n) is 5.21. The van der Waals surface area contributed by atoms with Gasteiger partial charge in [0.15, 0.2) is 5.52 Å². The number of imidazole rings is 1. The average Bonchev–Trinajstić information content (AvgIpc) is 3.02. The fourth-order valence-electron chi connectivity index (χ4n) is 3.57.